The van der Waals surface area contributed by atoms with E-state index in [0.717, 1.165) is 15.2 Å². The van der Waals surface area contributed by atoms with Crippen LogP contribution >= 0.6 is 34.9 Å². The fourth-order valence-electron chi connectivity index (χ4n) is 1.92. The molecule has 0 N–H and O–H groups in total. The normalized spacial score (nSPS) is 10.9. The van der Waals surface area contributed by atoms with E-state index in [-0.39, 0.29) is 24.1 Å². The first-order valence-electron chi connectivity index (χ1n) is 7.08. The summed E-state index contributed by atoms with van der Waals surface area (Å²) in [5.74, 6) is 0.135. The number of esters is 1. The van der Waals surface area contributed by atoms with Crippen molar-refractivity contribution in [3.8, 4) is 0 Å². The van der Waals surface area contributed by atoms with Crippen molar-refractivity contribution in [3.05, 3.63) is 47.9 Å². The number of thioether (sulfide) groups is 2. The van der Waals surface area contributed by atoms with E-state index < -0.39 is 0 Å². The van der Waals surface area contributed by atoms with Crippen LogP contribution in [0.15, 0.2) is 52.0 Å². The van der Waals surface area contributed by atoms with Crippen LogP contribution in [-0.4, -0.2) is 34.0 Å². The van der Waals surface area contributed by atoms with E-state index in [1.807, 2.05) is 11.4 Å². The lowest BCUT2D eigenvalue weighted by Crippen LogP contribution is -2.10. The van der Waals surface area contributed by atoms with Crippen LogP contribution in [-0.2, 0) is 9.53 Å². The number of carbonyl (C=O) groups excluding carboxylic acids is 1. The first-order valence-corrected chi connectivity index (χ1v) is 9.93. The number of rotatable bonds is 7. The minimum Gasteiger partial charge on any atom is -0.464 e. The van der Waals surface area contributed by atoms with Crippen molar-refractivity contribution in [3.63, 3.8) is 0 Å². The molecule has 1 aromatic carbocycles. The number of halogens is 1. The monoisotopic (exact) mass is 380 g/mol. The highest BCUT2D eigenvalue weighted by molar-refractivity contribution is 8.00. The van der Waals surface area contributed by atoms with Crippen molar-refractivity contribution in [2.45, 2.75) is 9.92 Å². The number of fused-ring (bicyclic) bond motifs is 1. The molecule has 0 aliphatic heterocycles. The van der Waals surface area contributed by atoms with E-state index in [1.165, 1.54) is 47.3 Å². The van der Waals surface area contributed by atoms with Gasteiger partial charge in [-0.15, -0.1) is 23.1 Å². The van der Waals surface area contributed by atoms with Gasteiger partial charge in [0.25, 0.3) is 0 Å². The number of aromatic nitrogens is 2. The van der Waals surface area contributed by atoms with Gasteiger partial charge in [0.15, 0.2) is 0 Å². The molecule has 2 aromatic heterocycles. The van der Waals surface area contributed by atoms with Gasteiger partial charge in [-0.1, -0.05) is 23.9 Å². The van der Waals surface area contributed by atoms with E-state index in [4.69, 9.17) is 4.74 Å². The standard InChI is InChI=1S/C16H13FN2O2S3/c17-12-3-1-2-4-13(12)22-8-6-21-14(20)9-24-16-11-5-7-23-15(11)18-10-19-16/h1-5,7,10H,6,8-9H2. The van der Waals surface area contributed by atoms with Crippen molar-refractivity contribution < 1.29 is 13.9 Å². The molecule has 0 aliphatic rings. The minimum absolute atomic E-state index is 0.187. The van der Waals surface area contributed by atoms with E-state index >= 15 is 0 Å². The Balaban J connectivity index is 1.42. The molecule has 0 saturated heterocycles. The number of hydrogen-bond donors (Lipinski definition) is 0. The molecule has 0 radical (unpaired) electrons. The summed E-state index contributed by atoms with van der Waals surface area (Å²) in [7, 11) is 0. The Morgan fingerprint density at radius 2 is 2.08 bits per heavy atom. The van der Waals surface area contributed by atoms with Gasteiger partial charge in [0.2, 0.25) is 0 Å². The van der Waals surface area contributed by atoms with Crippen LogP contribution in [0.3, 0.4) is 0 Å². The summed E-state index contributed by atoms with van der Waals surface area (Å²) in [4.78, 5) is 21.6. The Labute approximate surface area is 150 Å². The molecule has 0 spiro atoms. The van der Waals surface area contributed by atoms with Crippen LogP contribution in [0.5, 0.6) is 0 Å². The number of ether oxygens (including phenoxy) is 1. The molecule has 0 fully saturated rings. The molecule has 0 atom stereocenters. The Bertz CT molecular complexity index is 841. The molecular weight excluding hydrogens is 367 g/mol. The Hall–Kier alpha value is -1.64. The summed E-state index contributed by atoms with van der Waals surface area (Å²) < 4.78 is 18.6. The predicted molar refractivity (Wildman–Crippen MR) is 96.2 cm³/mol. The second-order valence-electron chi connectivity index (χ2n) is 4.61. The zero-order chi connectivity index (χ0) is 16.8. The van der Waals surface area contributed by atoms with E-state index in [0.29, 0.717) is 10.6 Å². The zero-order valence-corrected chi connectivity index (χ0v) is 14.9. The summed E-state index contributed by atoms with van der Waals surface area (Å²) >= 11 is 4.20. The maximum Gasteiger partial charge on any atom is 0.316 e. The zero-order valence-electron chi connectivity index (χ0n) is 12.5. The molecule has 3 aromatic rings. The van der Waals surface area contributed by atoms with Gasteiger partial charge in [0, 0.05) is 16.0 Å². The molecule has 0 unspecified atom stereocenters. The third-order valence-electron chi connectivity index (χ3n) is 2.99. The number of nitrogens with zero attached hydrogens (tertiary/aromatic N) is 2. The first kappa shape index (κ1) is 17.2. The molecular formula is C16H13FN2O2S3. The second kappa shape index (κ2) is 8.46. The smallest absolute Gasteiger partial charge is 0.316 e. The fraction of sp³-hybridized carbons (Fsp3) is 0.188. The van der Waals surface area contributed by atoms with Gasteiger partial charge < -0.3 is 4.74 Å². The predicted octanol–water partition coefficient (Wildman–Crippen LogP) is 4.26. The van der Waals surface area contributed by atoms with Gasteiger partial charge in [-0.2, -0.15) is 0 Å². The summed E-state index contributed by atoms with van der Waals surface area (Å²) in [5.41, 5.74) is 0. The molecule has 0 amide bonds. The topological polar surface area (TPSA) is 52.1 Å². The second-order valence-corrected chi connectivity index (χ2v) is 7.60. The quantitative estimate of drug-likeness (QED) is 0.264. The lowest BCUT2D eigenvalue weighted by atomic mass is 10.3. The summed E-state index contributed by atoms with van der Waals surface area (Å²) in [6, 6.07) is 8.49. The van der Waals surface area contributed by atoms with Gasteiger partial charge in [0.1, 0.15) is 28.6 Å². The van der Waals surface area contributed by atoms with E-state index in [1.54, 1.807) is 18.2 Å². The van der Waals surface area contributed by atoms with Gasteiger partial charge >= 0.3 is 5.97 Å². The van der Waals surface area contributed by atoms with Crippen LogP contribution in [0, 0.1) is 5.82 Å². The van der Waals surface area contributed by atoms with Crippen molar-refractivity contribution in [1.82, 2.24) is 9.97 Å². The van der Waals surface area contributed by atoms with E-state index in [2.05, 4.69) is 9.97 Å². The lowest BCUT2D eigenvalue weighted by molar-refractivity contribution is -0.139. The maximum absolute atomic E-state index is 13.4. The molecule has 4 nitrogen and oxygen atoms in total. The van der Waals surface area contributed by atoms with Gasteiger partial charge in [-0.05, 0) is 23.6 Å². The van der Waals surface area contributed by atoms with Gasteiger partial charge in [-0.3, -0.25) is 4.79 Å². The van der Waals surface area contributed by atoms with Crippen molar-refractivity contribution in [1.29, 1.82) is 0 Å². The molecule has 0 aliphatic carbocycles. The Kier molecular flexibility index (Phi) is 6.06. The molecule has 124 valence electrons. The molecule has 0 saturated carbocycles. The Morgan fingerprint density at radius 1 is 1.21 bits per heavy atom. The SMILES string of the molecule is O=C(CSc1ncnc2sccc12)OCCSc1ccccc1F. The first-order chi connectivity index (χ1) is 11.7. The number of thiophene rings is 1. The van der Waals surface area contributed by atoms with Crippen molar-refractivity contribution in [2.75, 3.05) is 18.1 Å². The summed E-state index contributed by atoms with van der Waals surface area (Å²) in [6.45, 7) is 0.246. The van der Waals surface area contributed by atoms with Gasteiger partial charge in [-0.25, -0.2) is 14.4 Å². The van der Waals surface area contributed by atoms with Crippen LogP contribution in [0.1, 0.15) is 0 Å². The maximum atomic E-state index is 13.4. The van der Waals surface area contributed by atoms with Crippen LogP contribution in [0.25, 0.3) is 10.2 Å². The highest BCUT2D eigenvalue weighted by Gasteiger charge is 2.10. The largest absolute Gasteiger partial charge is 0.464 e. The Morgan fingerprint density at radius 3 is 2.96 bits per heavy atom. The minimum atomic E-state index is -0.309. The van der Waals surface area contributed by atoms with Crippen LogP contribution < -0.4 is 0 Å². The van der Waals surface area contributed by atoms with E-state index in [9.17, 15) is 9.18 Å². The number of benzene rings is 1. The average molecular weight is 380 g/mol. The molecule has 24 heavy (non-hydrogen) atoms. The fourth-order valence-corrected chi connectivity index (χ4v) is 4.26. The van der Waals surface area contributed by atoms with Crippen LogP contribution in [0.2, 0.25) is 0 Å². The van der Waals surface area contributed by atoms with Crippen LogP contribution in [0.4, 0.5) is 4.39 Å². The third-order valence-corrected chi connectivity index (χ3v) is 5.80. The number of hydrogen-bond acceptors (Lipinski definition) is 7. The number of carbonyl (C=O) groups is 1. The van der Waals surface area contributed by atoms with Gasteiger partial charge in [0.05, 0.1) is 5.75 Å². The average Bonchev–Trinajstić information content (AvgIpc) is 3.07. The lowest BCUT2D eigenvalue weighted by Gasteiger charge is -2.05. The molecule has 8 heteroatoms. The molecule has 2 heterocycles. The molecule has 0 bridgehead atoms. The summed E-state index contributed by atoms with van der Waals surface area (Å²) in [6.07, 6.45) is 1.50. The highest BCUT2D eigenvalue weighted by atomic mass is 32.2. The van der Waals surface area contributed by atoms with Crippen molar-refractivity contribution in [2.24, 2.45) is 0 Å². The third kappa shape index (κ3) is 4.46. The molecule has 3 rings (SSSR count). The van der Waals surface area contributed by atoms with Crippen molar-refractivity contribution >= 4 is 51.0 Å². The summed E-state index contributed by atoms with van der Waals surface area (Å²) in [5, 5.41) is 3.68. The highest BCUT2D eigenvalue weighted by Crippen LogP contribution is 2.27.